The van der Waals surface area contributed by atoms with Crippen LogP contribution in [0.25, 0.3) is 0 Å². The van der Waals surface area contributed by atoms with Crippen molar-refractivity contribution >= 4 is 17.6 Å². The Morgan fingerprint density at radius 3 is 1.87 bits per heavy atom. The summed E-state index contributed by atoms with van der Waals surface area (Å²) in [4.78, 5) is 32.6. The lowest BCUT2D eigenvalue weighted by atomic mass is 10.1. The van der Waals surface area contributed by atoms with Crippen molar-refractivity contribution in [1.82, 2.24) is 0 Å². The molecule has 0 atom stereocenters. The maximum Gasteiger partial charge on any atom is 0.519 e. The largest absolute Gasteiger partial charge is 0.519 e. The van der Waals surface area contributed by atoms with Gasteiger partial charge in [-0.15, -0.1) is 0 Å². The summed E-state index contributed by atoms with van der Waals surface area (Å²) in [5.41, 5.74) is 0.709. The lowest BCUT2D eigenvalue weighted by molar-refractivity contribution is -0.384. The zero-order valence-corrected chi connectivity index (χ0v) is 12.2. The molecule has 0 fully saturated rings. The molecule has 0 bridgehead atoms. The molecular formula is C16H13NO6. The molecule has 118 valence electrons. The molecule has 0 aliphatic heterocycles. The van der Waals surface area contributed by atoms with Crippen LogP contribution >= 0.6 is 0 Å². The van der Waals surface area contributed by atoms with E-state index in [0.29, 0.717) is 6.42 Å². The van der Waals surface area contributed by atoms with Gasteiger partial charge in [0.1, 0.15) is 17.3 Å². The molecule has 0 aromatic heterocycles. The van der Waals surface area contributed by atoms with Gasteiger partial charge in [-0.1, -0.05) is 12.1 Å². The predicted molar refractivity (Wildman–Crippen MR) is 80.6 cm³/mol. The summed E-state index contributed by atoms with van der Waals surface area (Å²) >= 11 is 0. The first-order valence-corrected chi connectivity index (χ1v) is 6.66. The second-order valence-electron chi connectivity index (χ2n) is 4.73. The molecule has 0 radical (unpaired) electrons. The maximum absolute atomic E-state index is 11.6. The fraction of sp³-hybridized carbons (Fsp3) is 0.125. The van der Waals surface area contributed by atoms with Crippen LogP contribution in [-0.4, -0.2) is 16.9 Å². The third-order valence-electron chi connectivity index (χ3n) is 2.83. The number of benzene rings is 2. The number of nitrogens with zero attached hydrogens (tertiary/aromatic N) is 1. The van der Waals surface area contributed by atoms with E-state index in [2.05, 4.69) is 0 Å². The van der Waals surface area contributed by atoms with E-state index in [-0.39, 0.29) is 23.0 Å². The smallest absolute Gasteiger partial charge is 0.395 e. The van der Waals surface area contributed by atoms with Gasteiger partial charge in [0.2, 0.25) is 0 Å². The van der Waals surface area contributed by atoms with Gasteiger partial charge in [0.25, 0.3) is 5.69 Å². The highest BCUT2D eigenvalue weighted by Crippen LogP contribution is 2.19. The number of ether oxygens (including phenoxy) is 2. The van der Waals surface area contributed by atoms with Crippen LogP contribution in [0.5, 0.6) is 11.5 Å². The van der Waals surface area contributed by atoms with Crippen molar-refractivity contribution in [3.8, 4) is 11.5 Å². The average molecular weight is 315 g/mol. The third-order valence-corrected chi connectivity index (χ3v) is 2.83. The SMILES string of the molecule is CC(=O)Cc1ccc(OC(=O)Oc2ccc([N+](=O)[O-])cc2)cc1. The number of carbonyl (C=O) groups excluding carboxylic acids is 2. The number of hydrogen-bond acceptors (Lipinski definition) is 6. The van der Waals surface area contributed by atoms with Crippen molar-refractivity contribution in [3.63, 3.8) is 0 Å². The second-order valence-corrected chi connectivity index (χ2v) is 4.73. The van der Waals surface area contributed by atoms with Crippen LogP contribution in [0.2, 0.25) is 0 Å². The predicted octanol–water partition coefficient (Wildman–Crippen LogP) is 3.30. The van der Waals surface area contributed by atoms with Gasteiger partial charge in [-0.25, -0.2) is 4.79 Å². The molecule has 0 N–H and O–H groups in total. The molecule has 23 heavy (non-hydrogen) atoms. The number of non-ortho nitro benzene ring substituents is 1. The molecule has 0 heterocycles. The molecule has 0 amide bonds. The molecule has 0 unspecified atom stereocenters. The van der Waals surface area contributed by atoms with Gasteiger partial charge in [0.05, 0.1) is 4.92 Å². The maximum atomic E-state index is 11.6. The summed E-state index contributed by atoms with van der Waals surface area (Å²) in [7, 11) is 0. The van der Waals surface area contributed by atoms with E-state index in [4.69, 9.17) is 9.47 Å². The van der Waals surface area contributed by atoms with Gasteiger partial charge in [-0.3, -0.25) is 14.9 Å². The Kier molecular flexibility index (Phi) is 5.03. The summed E-state index contributed by atoms with van der Waals surface area (Å²) < 4.78 is 9.89. The van der Waals surface area contributed by atoms with Gasteiger partial charge in [-0.2, -0.15) is 0 Å². The van der Waals surface area contributed by atoms with Crippen LogP contribution in [0, 0.1) is 10.1 Å². The Bertz CT molecular complexity index is 721. The number of rotatable bonds is 5. The first-order valence-electron chi connectivity index (χ1n) is 6.66. The van der Waals surface area contributed by atoms with E-state index in [0.717, 1.165) is 5.56 Å². The van der Waals surface area contributed by atoms with Crippen LogP contribution in [0.15, 0.2) is 48.5 Å². The number of carbonyl (C=O) groups is 2. The van der Waals surface area contributed by atoms with Crippen LogP contribution in [0.3, 0.4) is 0 Å². The Labute approximate surface area is 131 Å². The molecule has 0 saturated heterocycles. The van der Waals surface area contributed by atoms with Crippen molar-refractivity contribution in [2.45, 2.75) is 13.3 Å². The minimum Gasteiger partial charge on any atom is -0.395 e. The Balaban J connectivity index is 1.93. The van der Waals surface area contributed by atoms with Gasteiger partial charge < -0.3 is 9.47 Å². The zero-order valence-electron chi connectivity index (χ0n) is 12.2. The Hall–Kier alpha value is -3.22. The quantitative estimate of drug-likeness (QED) is 0.363. The van der Waals surface area contributed by atoms with E-state index in [1.807, 2.05) is 0 Å². The highest BCUT2D eigenvalue weighted by Gasteiger charge is 2.10. The number of nitro benzene ring substituents is 1. The fourth-order valence-corrected chi connectivity index (χ4v) is 1.81. The molecular weight excluding hydrogens is 302 g/mol. The third kappa shape index (κ3) is 4.92. The summed E-state index contributed by atoms with van der Waals surface area (Å²) in [6.45, 7) is 1.49. The van der Waals surface area contributed by atoms with Crippen molar-refractivity contribution in [3.05, 3.63) is 64.2 Å². The van der Waals surface area contributed by atoms with E-state index in [9.17, 15) is 19.7 Å². The molecule has 0 spiro atoms. The minimum absolute atomic E-state index is 0.0382. The summed E-state index contributed by atoms with van der Waals surface area (Å²) in [5.74, 6) is 0.439. The molecule has 0 saturated carbocycles. The van der Waals surface area contributed by atoms with Crippen LogP contribution < -0.4 is 9.47 Å². The van der Waals surface area contributed by atoms with Crippen LogP contribution in [0.4, 0.5) is 10.5 Å². The lowest BCUT2D eigenvalue weighted by Gasteiger charge is -2.06. The normalized spacial score (nSPS) is 9.96. The van der Waals surface area contributed by atoms with Crippen molar-refractivity contribution < 1.29 is 24.0 Å². The Morgan fingerprint density at radius 2 is 1.43 bits per heavy atom. The van der Waals surface area contributed by atoms with Crippen molar-refractivity contribution in [2.75, 3.05) is 0 Å². The minimum atomic E-state index is -0.960. The van der Waals surface area contributed by atoms with E-state index in [1.165, 1.54) is 31.2 Å². The first-order chi connectivity index (χ1) is 10.9. The van der Waals surface area contributed by atoms with E-state index < -0.39 is 11.1 Å². The molecule has 7 heteroatoms. The Morgan fingerprint density at radius 1 is 0.957 bits per heavy atom. The van der Waals surface area contributed by atoms with Gasteiger partial charge >= 0.3 is 6.16 Å². The van der Waals surface area contributed by atoms with Gasteiger partial charge in [-0.05, 0) is 36.8 Å². The zero-order chi connectivity index (χ0) is 16.8. The van der Waals surface area contributed by atoms with Gasteiger partial charge in [0.15, 0.2) is 0 Å². The molecule has 2 aromatic carbocycles. The van der Waals surface area contributed by atoms with E-state index in [1.54, 1.807) is 24.3 Å². The first kappa shape index (κ1) is 16.2. The molecule has 2 rings (SSSR count). The highest BCUT2D eigenvalue weighted by molar-refractivity contribution is 5.78. The topological polar surface area (TPSA) is 95.7 Å². The monoisotopic (exact) mass is 315 g/mol. The van der Waals surface area contributed by atoms with E-state index >= 15 is 0 Å². The number of ketones is 1. The number of nitro groups is 1. The molecule has 0 aliphatic rings. The number of hydrogen-bond donors (Lipinski definition) is 0. The summed E-state index contributed by atoms with van der Waals surface area (Å²) in [6.07, 6.45) is -0.647. The molecule has 0 aliphatic carbocycles. The molecule has 7 nitrogen and oxygen atoms in total. The lowest BCUT2D eigenvalue weighted by Crippen LogP contribution is -2.13. The standard InChI is InChI=1S/C16H13NO6/c1-11(18)10-12-2-6-14(7-3-12)22-16(19)23-15-8-4-13(5-9-15)17(20)21/h2-9H,10H2,1H3. The summed E-state index contributed by atoms with van der Waals surface area (Å²) in [6, 6.07) is 11.5. The second kappa shape index (κ2) is 7.17. The fourth-order valence-electron chi connectivity index (χ4n) is 1.81. The van der Waals surface area contributed by atoms with Crippen molar-refractivity contribution in [1.29, 1.82) is 0 Å². The average Bonchev–Trinajstić information content (AvgIpc) is 2.49. The van der Waals surface area contributed by atoms with Crippen LogP contribution in [-0.2, 0) is 11.2 Å². The summed E-state index contributed by atoms with van der Waals surface area (Å²) in [5, 5.41) is 10.5. The molecule has 2 aromatic rings. The highest BCUT2D eigenvalue weighted by atomic mass is 16.7. The number of Topliss-reactive ketones (excluding diaryl/α,β-unsaturated/α-hetero) is 1. The van der Waals surface area contributed by atoms with Crippen LogP contribution in [0.1, 0.15) is 12.5 Å². The van der Waals surface area contributed by atoms with Gasteiger partial charge in [0, 0.05) is 18.6 Å². The van der Waals surface area contributed by atoms with Crippen molar-refractivity contribution in [2.24, 2.45) is 0 Å².